The van der Waals surface area contributed by atoms with Gasteiger partial charge in [0.1, 0.15) is 11.6 Å². The second kappa shape index (κ2) is 6.10. The van der Waals surface area contributed by atoms with Crippen molar-refractivity contribution in [2.45, 2.75) is 20.8 Å². The van der Waals surface area contributed by atoms with Gasteiger partial charge in [0.05, 0.1) is 0 Å². The van der Waals surface area contributed by atoms with Gasteiger partial charge in [-0.1, -0.05) is 48.5 Å². The quantitative estimate of drug-likeness (QED) is 0.503. The fraction of sp³-hybridized carbons (Fsp3) is 0.136. The Kier molecular flexibility index (Phi) is 3.77. The van der Waals surface area contributed by atoms with E-state index in [1.807, 2.05) is 19.9 Å². The Bertz CT molecular complexity index is 1060. The highest BCUT2D eigenvalue weighted by atomic mass is 15.0. The average molecular weight is 325 g/mol. The van der Waals surface area contributed by atoms with Crippen LogP contribution in [0.25, 0.3) is 33.3 Å². The molecule has 0 bridgehead atoms. The predicted octanol–water partition coefficient (Wildman–Crippen LogP) is 5.28. The van der Waals surface area contributed by atoms with Crippen LogP contribution in [0.2, 0.25) is 0 Å². The van der Waals surface area contributed by atoms with Crippen LogP contribution in [0.3, 0.4) is 0 Å². The van der Waals surface area contributed by atoms with Crippen LogP contribution in [0.15, 0.2) is 60.7 Å². The molecule has 1 aromatic heterocycles. The fourth-order valence-electron chi connectivity index (χ4n) is 3.19. The van der Waals surface area contributed by atoms with E-state index in [1.165, 1.54) is 27.5 Å². The maximum Gasteiger partial charge on any atom is 0.163 e. The van der Waals surface area contributed by atoms with Crippen LogP contribution >= 0.6 is 0 Å². The van der Waals surface area contributed by atoms with Crippen molar-refractivity contribution in [1.82, 2.24) is 15.0 Å². The molecule has 3 aromatic carbocycles. The van der Waals surface area contributed by atoms with Crippen LogP contribution in [0.5, 0.6) is 0 Å². The second-order valence-electron chi connectivity index (χ2n) is 6.35. The van der Waals surface area contributed by atoms with Crippen molar-refractivity contribution in [3.63, 3.8) is 0 Å². The zero-order valence-corrected chi connectivity index (χ0v) is 14.6. The lowest BCUT2D eigenvalue weighted by Gasteiger charge is -2.08. The molecule has 0 saturated carbocycles. The van der Waals surface area contributed by atoms with E-state index in [0.717, 1.165) is 23.0 Å². The standard InChI is InChI=1S/C22H19N3/c1-14-6-4-7-17-10-11-19(13-21(14)17)18-8-5-9-20(12-18)22-24-15(2)23-16(3)25-22/h4-13H,1-3H3. The van der Waals surface area contributed by atoms with Crippen LogP contribution in [-0.4, -0.2) is 15.0 Å². The lowest BCUT2D eigenvalue weighted by molar-refractivity contribution is 0.928. The Balaban J connectivity index is 1.83. The molecule has 4 rings (SSSR count). The summed E-state index contributed by atoms with van der Waals surface area (Å²) in [5.74, 6) is 2.22. The van der Waals surface area contributed by atoms with Crippen molar-refractivity contribution in [2.75, 3.05) is 0 Å². The summed E-state index contributed by atoms with van der Waals surface area (Å²) in [4.78, 5) is 13.2. The largest absolute Gasteiger partial charge is 0.219 e. The normalized spacial score (nSPS) is 11.0. The van der Waals surface area contributed by atoms with E-state index < -0.39 is 0 Å². The third kappa shape index (κ3) is 3.01. The molecule has 25 heavy (non-hydrogen) atoms. The van der Waals surface area contributed by atoms with Gasteiger partial charge in [-0.05, 0) is 60.4 Å². The summed E-state index contributed by atoms with van der Waals surface area (Å²) in [6, 6.07) is 21.4. The number of benzene rings is 3. The van der Waals surface area contributed by atoms with E-state index in [4.69, 9.17) is 0 Å². The average Bonchev–Trinajstić information content (AvgIpc) is 2.61. The van der Waals surface area contributed by atoms with E-state index in [-0.39, 0.29) is 0 Å². The molecule has 0 aliphatic carbocycles. The molecule has 0 atom stereocenters. The van der Waals surface area contributed by atoms with Crippen LogP contribution in [-0.2, 0) is 0 Å². The van der Waals surface area contributed by atoms with Crippen molar-refractivity contribution in [2.24, 2.45) is 0 Å². The molecular weight excluding hydrogens is 306 g/mol. The van der Waals surface area contributed by atoms with Crippen LogP contribution < -0.4 is 0 Å². The maximum absolute atomic E-state index is 4.48. The third-order valence-corrected chi connectivity index (χ3v) is 4.41. The van der Waals surface area contributed by atoms with Gasteiger partial charge < -0.3 is 0 Å². The fourth-order valence-corrected chi connectivity index (χ4v) is 3.19. The van der Waals surface area contributed by atoms with E-state index in [1.54, 1.807) is 0 Å². The summed E-state index contributed by atoms with van der Waals surface area (Å²) in [5.41, 5.74) is 4.67. The lowest BCUT2D eigenvalue weighted by atomic mass is 9.97. The third-order valence-electron chi connectivity index (χ3n) is 4.41. The number of hydrogen-bond acceptors (Lipinski definition) is 3. The van der Waals surface area contributed by atoms with Gasteiger partial charge in [-0.15, -0.1) is 0 Å². The maximum atomic E-state index is 4.48. The van der Waals surface area contributed by atoms with Crippen LogP contribution in [0, 0.1) is 20.8 Å². The highest BCUT2D eigenvalue weighted by molar-refractivity contribution is 5.90. The second-order valence-corrected chi connectivity index (χ2v) is 6.35. The molecular formula is C22H19N3. The molecule has 0 radical (unpaired) electrons. The summed E-state index contributed by atoms with van der Waals surface area (Å²) in [7, 11) is 0. The van der Waals surface area contributed by atoms with Gasteiger partial charge in [-0.3, -0.25) is 0 Å². The molecule has 0 amide bonds. The number of hydrogen-bond donors (Lipinski definition) is 0. The molecule has 0 saturated heterocycles. The minimum atomic E-state index is 0.726. The van der Waals surface area contributed by atoms with Gasteiger partial charge in [-0.25, -0.2) is 15.0 Å². The summed E-state index contributed by atoms with van der Waals surface area (Å²) in [6.07, 6.45) is 0. The van der Waals surface area contributed by atoms with Gasteiger partial charge in [0.2, 0.25) is 0 Å². The van der Waals surface area contributed by atoms with Gasteiger partial charge in [0.15, 0.2) is 5.82 Å². The van der Waals surface area contributed by atoms with Crippen molar-refractivity contribution in [3.05, 3.63) is 77.9 Å². The molecule has 0 aliphatic heterocycles. The summed E-state index contributed by atoms with van der Waals surface area (Å²) < 4.78 is 0. The number of rotatable bonds is 2. The molecule has 0 aliphatic rings. The monoisotopic (exact) mass is 325 g/mol. The zero-order valence-electron chi connectivity index (χ0n) is 14.6. The van der Waals surface area contributed by atoms with E-state index in [2.05, 4.69) is 76.5 Å². The minimum Gasteiger partial charge on any atom is -0.219 e. The Morgan fingerprint density at radius 2 is 1.28 bits per heavy atom. The molecule has 3 heteroatoms. The Hall–Kier alpha value is -3.07. The van der Waals surface area contributed by atoms with E-state index in [0.29, 0.717) is 0 Å². The van der Waals surface area contributed by atoms with Crippen LogP contribution in [0.1, 0.15) is 17.2 Å². The number of aryl methyl sites for hydroxylation is 3. The van der Waals surface area contributed by atoms with Gasteiger partial charge in [-0.2, -0.15) is 0 Å². The van der Waals surface area contributed by atoms with Crippen LogP contribution in [0.4, 0.5) is 0 Å². The first-order chi connectivity index (χ1) is 12.1. The minimum absolute atomic E-state index is 0.726. The molecule has 122 valence electrons. The molecule has 0 unspecified atom stereocenters. The van der Waals surface area contributed by atoms with Gasteiger partial charge in [0.25, 0.3) is 0 Å². The first-order valence-corrected chi connectivity index (χ1v) is 8.40. The Morgan fingerprint density at radius 1 is 0.600 bits per heavy atom. The molecule has 4 aromatic rings. The van der Waals surface area contributed by atoms with Crippen molar-refractivity contribution < 1.29 is 0 Å². The summed E-state index contributed by atoms with van der Waals surface area (Å²) in [6.45, 7) is 5.95. The van der Waals surface area contributed by atoms with Crippen molar-refractivity contribution in [3.8, 4) is 22.5 Å². The predicted molar refractivity (Wildman–Crippen MR) is 102 cm³/mol. The Morgan fingerprint density at radius 3 is 2.08 bits per heavy atom. The highest BCUT2D eigenvalue weighted by Crippen LogP contribution is 2.28. The number of aromatic nitrogens is 3. The lowest BCUT2D eigenvalue weighted by Crippen LogP contribution is -1.98. The molecule has 3 nitrogen and oxygen atoms in total. The van der Waals surface area contributed by atoms with E-state index in [9.17, 15) is 0 Å². The molecule has 1 heterocycles. The Labute approximate surface area is 147 Å². The van der Waals surface area contributed by atoms with Crippen molar-refractivity contribution >= 4 is 10.8 Å². The number of nitrogens with zero attached hydrogens (tertiary/aromatic N) is 3. The summed E-state index contributed by atoms with van der Waals surface area (Å²) >= 11 is 0. The SMILES string of the molecule is Cc1nc(C)nc(-c2cccc(-c3ccc4cccc(C)c4c3)c2)n1. The topological polar surface area (TPSA) is 38.7 Å². The zero-order chi connectivity index (χ0) is 17.4. The molecule has 0 N–H and O–H groups in total. The molecule has 0 spiro atoms. The van der Waals surface area contributed by atoms with Gasteiger partial charge in [0, 0.05) is 5.56 Å². The van der Waals surface area contributed by atoms with E-state index >= 15 is 0 Å². The van der Waals surface area contributed by atoms with Crippen molar-refractivity contribution in [1.29, 1.82) is 0 Å². The highest BCUT2D eigenvalue weighted by Gasteiger charge is 2.07. The molecule has 0 fully saturated rings. The first kappa shape index (κ1) is 15.5. The summed E-state index contributed by atoms with van der Waals surface area (Å²) in [5, 5.41) is 2.56. The van der Waals surface area contributed by atoms with Gasteiger partial charge >= 0.3 is 0 Å². The first-order valence-electron chi connectivity index (χ1n) is 8.40. The smallest absolute Gasteiger partial charge is 0.163 e. The number of fused-ring (bicyclic) bond motifs is 1.